The van der Waals surface area contributed by atoms with Crippen molar-refractivity contribution in [3.63, 3.8) is 0 Å². The van der Waals surface area contributed by atoms with Crippen molar-refractivity contribution in [3.05, 3.63) is 94.5 Å². The zero-order chi connectivity index (χ0) is 22.4. The summed E-state index contributed by atoms with van der Waals surface area (Å²) >= 11 is 12.2. The van der Waals surface area contributed by atoms with Gasteiger partial charge in [0.25, 0.3) is 11.8 Å². The number of amides is 2. The fourth-order valence-electron chi connectivity index (χ4n) is 2.68. The van der Waals surface area contributed by atoms with E-state index in [1.807, 2.05) is 22.9 Å². The molecule has 3 rings (SSSR count). The van der Waals surface area contributed by atoms with Gasteiger partial charge in [0, 0.05) is 39.9 Å². The van der Waals surface area contributed by atoms with Gasteiger partial charge in [0.2, 0.25) is 0 Å². The summed E-state index contributed by atoms with van der Waals surface area (Å²) in [6, 6.07) is 12.0. The minimum atomic E-state index is -0.347. The summed E-state index contributed by atoms with van der Waals surface area (Å²) in [5, 5.41) is 6.35. The molecule has 6 nitrogen and oxygen atoms in total. The SMILES string of the molecule is C/C=C(Cl)\C=C(/C)C(=O)Nc1cc(NC(=O)c2ccc(-n3ccnc3)cc2)ccc1Cl. The molecule has 0 spiro atoms. The zero-order valence-electron chi connectivity index (χ0n) is 16.9. The van der Waals surface area contributed by atoms with E-state index in [4.69, 9.17) is 23.2 Å². The molecule has 0 atom stereocenters. The number of benzene rings is 2. The Morgan fingerprint density at radius 2 is 1.84 bits per heavy atom. The summed E-state index contributed by atoms with van der Waals surface area (Å²) in [5.74, 6) is -0.631. The molecule has 3 aromatic rings. The van der Waals surface area contributed by atoms with Crippen LogP contribution in [-0.4, -0.2) is 21.4 Å². The lowest BCUT2D eigenvalue weighted by atomic mass is 10.2. The van der Waals surface area contributed by atoms with Crippen LogP contribution in [0.1, 0.15) is 24.2 Å². The van der Waals surface area contributed by atoms with E-state index < -0.39 is 0 Å². The van der Waals surface area contributed by atoms with Gasteiger partial charge in [-0.1, -0.05) is 29.3 Å². The third-order valence-electron chi connectivity index (χ3n) is 4.39. The van der Waals surface area contributed by atoms with E-state index in [0.717, 1.165) is 5.69 Å². The van der Waals surface area contributed by atoms with Gasteiger partial charge in [-0.3, -0.25) is 9.59 Å². The molecule has 0 unspecified atom stereocenters. The number of rotatable bonds is 6. The molecule has 1 aromatic heterocycles. The topological polar surface area (TPSA) is 76.0 Å². The summed E-state index contributed by atoms with van der Waals surface area (Å²) in [5.41, 5.74) is 2.68. The van der Waals surface area contributed by atoms with Crippen LogP contribution in [0.25, 0.3) is 5.69 Å². The molecule has 0 radical (unpaired) electrons. The first-order chi connectivity index (χ1) is 14.9. The Kier molecular flexibility index (Phi) is 7.28. The van der Waals surface area contributed by atoms with Gasteiger partial charge in [-0.25, -0.2) is 4.98 Å². The predicted molar refractivity (Wildman–Crippen MR) is 125 cm³/mol. The highest BCUT2D eigenvalue weighted by Gasteiger charge is 2.11. The third kappa shape index (κ3) is 5.84. The van der Waals surface area contributed by atoms with Crippen molar-refractivity contribution < 1.29 is 9.59 Å². The molecule has 0 fully saturated rings. The van der Waals surface area contributed by atoms with E-state index in [1.54, 1.807) is 68.9 Å². The Morgan fingerprint density at radius 3 is 2.48 bits per heavy atom. The van der Waals surface area contributed by atoms with Gasteiger partial charge in [-0.15, -0.1) is 0 Å². The lowest BCUT2D eigenvalue weighted by Gasteiger charge is -2.11. The number of anilines is 2. The predicted octanol–water partition coefficient (Wildman–Crippen LogP) is 5.81. The van der Waals surface area contributed by atoms with E-state index in [-0.39, 0.29) is 11.8 Å². The highest BCUT2D eigenvalue weighted by atomic mass is 35.5. The molecule has 31 heavy (non-hydrogen) atoms. The number of carbonyl (C=O) groups is 2. The number of allylic oxidation sites excluding steroid dienone is 3. The molecule has 1 heterocycles. The number of hydrogen-bond acceptors (Lipinski definition) is 3. The number of nitrogens with one attached hydrogen (secondary N) is 2. The maximum absolute atomic E-state index is 12.6. The van der Waals surface area contributed by atoms with Crippen LogP contribution in [-0.2, 0) is 4.79 Å². The maximum Gasteiger partial charge on any atom is 0.255 e. The number of aromatic nitrogens is 2. The molecular weight excluding hydrogens is 435 g/mol. The van der Waals surface area contributed by atoms with Crippen molar-refractivity contribution in [2.24, 2.45) is 0 Å². The standard InChI is InChI=1S/C23H20Cl2N4O2/c1-3-17(24)12-15(2)22(30)28-21-13-18(6-9-20(21)25)27-23(31)16-4-7-19(8-5-16)29-11-10-26-14-29/h3-14H,1-2H3,(H,27,31)(H,28,30)/b15-12+,17-3+. The normalized spacial score (nSPS) is 11.9. The second-order valence-corrected chi connectivity index (χ2v) is 7.46. The summed E-state index contributed by atoms with van der Waals surface area (Å²) < 4.78 is 1.84. The van der Waals surface area contributed by atoms with Crippen LogP contribution in [0.2, 0.25) is 5.02 Å². The highest BCUT2D eigenvalue weighted by molar-refractivity contribution is 6.34. The molecular formula is C23H20Cl2N4O2. The molecule has 0 aliphatic carbocycles. The number of imidazole rings is 1. The minimum Gasteiger partial charge on any atom is -0.322 e. The van der Waals surface area contributed by atoms with Crippen molar-refractivity contribution in [1.82, 2.24) is 9.55 Å². The van der Waals surface area contributed by atoms with Crippen LogP contribution in [0, 0.1) is 0 Å². The fraction of sp³-hybridized carbons (Fsp3) is 0.0870. The molecule has 0 aliphatic heterocycles. The third-order valence-corrected chi connectivity index (χ3v) is 5.05. The van der Waals surface area contributed by atoms with Gasteiger partial charge in [0.1, 0.15) is 0 Å². The van der Waals surface area contributed by atoms with E-state index in [1.165, 1.54) is 0 Å². The zero-order valence-corrected chi connectivity index (χ0v) is 18.4. The maximum atomic E-state index is 12.6. The van der Waals surface area contributed by atoms with Crippen molar-refractivity contribution in [2.75, 3.05) is 10.6 Å². The van der Waals surface area contributed by atoms with Crippen molar-refractivity contribution in [2.45, 2.75) is 13.8 Å². The van der Waals surface area contributed by atoms with Gasteiger partial charge < -0.3 is 15.2 Å². The molecule has 2 N–H and O–H groups in total. The first kappa shape index (κ1) is 22.3. The Morgan fingerprint density at radius 1 is 1.10 bits per heavy atom. The first-order valence-electron chi connectivity index (χ1n) is 9.38. The van der Waals surface area contributed by atoms with Crippen LogP contribution in [0.3, 0.4) is 0 Å². The average molecular weight is 455 g/mol. The largest absolute Gasteiger partial charge is 0.322 e. The van der Waals surface area contributed by atoms with Gasteiger partial charge in [-0.2, -0.15) is 0 Å². The van der Waals surface area contributed by atoms with E-state index in [2.05, 4.69) is 15.6 Å². The molecule has 0 bridgehead atoms. The van der Waals surface area contributed by atoms with E-state index >= 15 is 0 Å². The second-order valence-electron chi connectivity index (χ2n) is 6.62. The summed E-state index contributed by atoms with van der Waals surface area (Å²) in [6.45, 7) is 3.42. The molecule has 8 heteroatoms. The summed E-state index contributed by atoms with van der Waals surface area (Å²) in [4.78, 5) is 29.0. The lowest BCUT2D eigenvalue weighted by molar-refractivity contribution is -0.112. The summed E-state index contributed by atoms with van der Waals surface area (Å²) in [7, 11) is 0. The van der Waals surface area contributed by atoms with Crippen LogP contribution in [0.15, 0.2) is 83.9 Å². The first-order valence-corrected chi connectivity index (χ1v) is 10.1. The van der Waals surface area contributed by atoms with E-state index in [9.17, 15) is 9.59 Å². The molecule has 0 aliphatic rings. The molecule has 0 saturated heterocycles. The van der Waals surface area contributed by atoms with Crippen LogP contribution in [0.4, 0.5) is 11.4 Å². The Balaban J connectivity index is 1.72. The molecule has 0 saturated carbocycles. The number of nitrogens with zero attached hydrogens (tertiary/aromatic N) is 2. The van der Waals surface area contributed by atoms with Gasteiger partial charge >= 0.3 is 0 Å². The molecule has 158 valence electrons. The number of hydrogen-bond donors (Lipinski definition) is 2. The van der Waals surface area contributed by atoms with Crippen molar-refractivity contribution in [1.29, 1.82) is 0 Å². The molecule has 2 amide bonds. The second kappa shape index (κ2) is 10.1. The fourth-order valence-corrected chi connectivity index (χ4v) is 3.00. The molecule has 2 aromatic carbocycles. The van der Waals surface area contributed by atoms with Crippen LogP contribution in [0.5, 0.6) is 0 Å². The van der Waals surface area contributed by atoms with Crippen LogP contribution < -0.4 is 10.6 Å². The van der Waals surface area contributed by atoms with Crippen LogP contribution >= 0.6 is 23.2 Å². The monoisotopic (exact) mass is 454 g/mol. The number of carbonyl (C=O) groups excluding carboxylic acids is 2. The number of halogens is 2. The smallest absolute Gasteiger partial charge is 0.255 e. The Labute approximate surface area is 190 Å². The quantitative estimate of drug-likeness (QED) is 0.364. The Bertz CT molecular complexity index is 1150. The lowest BCUT2D eigenvalue weighted by Crippen LogP contribution is -2.15. The van der Waals surface area contributed by atoms with Crippen molar-refractivity contribution >= 4 is 46.4 Å². The van der Waals surface area contributed by atoms with Gasteiger partial charge in [-0.05, 0) is 62.4 Å². The van der Waals surface area contributed by atoms with Crippen molar-refractivity contribution in [3.8, 4) is 5.69 Å². The van der Waals surface area contributed by atoms with E-state index in [0.29, 0.717) is 32.6 Å². The average Bonchev–Trinajstić information content (AvgIpc) is 3.31. The highest BCUT2D eigenvalue weighted by Crippen LogP contribution is 2.26. The Hall–Kier alpha value is -3.35. The minimum absolute atomic E-state index is 0.285. The summed E-state index contributed by atoms with van der Waals surface area (Å²) in [6.07, 6.45) is 8.43. The van der Waals surface area contributed by atoms with Gasteiger partial charge in [0.15, 0.2) is 0 Å². The van der Waals surface area contributed by atoms with Gasteiger partial charge in [0.05, 0.1) is 17.0 Å².